The number of halogens is 3. The van der Waals surface area contributed by atoms with Gasteiger partial charge in [0, 0.05) is 15.6 Å². The van der Waals surface area contributed by atoms with Gasteiger partial charge in [0.15, 0.2) is 5.69 Å². The zero-order valence-corrected chi connectivity index (χ0v) is 18.6. The normalized spacial score (nSPS) is 13.5. The number of carboxylic acids is 1. The van der Waals surface area contributed by atoms with Gasteiger partial charge in [0.2, 0.25) is 0 Å². The van der Waals surface area contributed by atoms with Gasteiger partial charge in [-0.2, -0.15) is 0 Å². The van der Waals surface area contributed by atoms with Crippen molar-refractivity contribution in [3.8, 4) is 5.75 Å². The first-order chi connectivity index (χ1) is 14.9. The Bertz CT molecular complexity index is 1170. The van der Waals surface area contributed by atoms with Gasteiger partial charge in [-0.1, -0.05) is 46.9 Å². The molecule has 0 unspecified atom stereocenters. The minimum atomic E-state index is -1.15. The van der Waals surface area contributed by atoms with Gasteiger partial charge in [0.25, 0.3) is 0 Å². The van der Waals surface area contributed by atoms with Crippen LogP contribution in [0.3, 0.4) is 0 Å². The monoisotopic (exact) mass is 473 g/mol. The largest absolute Gasteiger partial charge is 0.488 e. The van der Waals surface area contributed by atoms with E-state index in [2.05, 4.69) is 4.98 Å². The third-order valence-electron chi connectivity index (χ3n) is 5.15. The number of allylic oxidation sites excluding steroid dienone is 2. The summed E-state index contributed by atoms with van der Waals surface area (Å²) in [6.07, 6.45) is 2.53. The highest BCUT2D eigenvalue weighted by atomic mass is 35.5. The third-order valence-corrected chi connectivity index (χ3v) is 5.94. The minimum Gasteiger partial charge on any atom is -0.488 e. The van der Waals surface area contributed by atoms with E-state index in [1.54, 1.807) is 18.2 Å². The molecule has 0 aliphatic heterocycles. The first kappa shape index (κ1) is 21.7. The van der Waals surface area contributed by atoms with Crippen molar-refractivity contribution < 1.29 is 14.6 Å². The van der Waals surface area contributed by atoms with Crippen LogP contribution in [0.25, 0.3) is 11.1 Å². The third kappa shape index (κ3) is 4.87. The molecule has 0 spiro atoms. The average molecular weight is 475 g/mol. The lowest BCUT2D eigenvalue weighted by Crippen LogP contribution is -2.04. The van der Waals surface area contributed by atoms with E-state index >= 15 is 0 Å². The molecule has 4 nitrogen and oxygen atoms in total. The average Bonchev–Trinajstić information content (AvgIpc) is 3.24. The molecule has 0 amide bonds. The van der Waals surface area contributed by atoms with E-state index < -0.39 is 5.97 Å². The van der Waals surface area contributed by atoms with E-state index in [-0.39, 0.29) is 10.7 Å². The van der Waals surface area contributed by atoms with Gasteiger partial charge in [-0.05, 0) is 78.4 Å². The number of aromatic carboxylic acids is 1. The van der Waals surface area contributed by atoms with Gasteiger partial charge in [0.1, 0.15) is 12.4 Å². The van der Waals surface area contributed by atoms with Crippen molar-refractivity contribution >= 4 is 51.9 Å². The summed E-state index contributed by atoms with van der Waals surface area (Å²) in [6.45, 7) is 0.386. The van der Waals surface area contributed by atoms with Crippen LogP contribution >= 0.6 is 34.8 Å². The molecule has 0 fully saturated rings. The molecule has 1 heterocycles. The number of pyridine rings is 1. The molecule has 0 radical (unpaired) electrons. The fraction of sp³-hybridized carbons (Fsp3) is 0.167. The van der Waals surface area contributed by atoms with Crippen LogP contribution in [-0.4, -0.2) is 16.1 Å². The van der Waals surface area contributed by atoms with Crippen LogP contribution in [0.1, 0.15) is 46.6 Å². The van der Waals surface area contributed by atoms with E-state index in [0.29, 0.717) is 28.1 Å². The highest BCUT2D eigenvalue weighted by Crippen LogP contribution is 2.43. The summed E-state index contributed by atoms with van der Waals surface area (Å²) in [5.74, 6) is -0.442. The predicted octanol–water partition coefficient (Wildman–Crippen LogP) is 7.41. The Balaban J connectivity index is 1.72. The van der Waals surface area contributed by atoms with Gasteiger partial charge in [-0.3, -0.25) is 0 Å². The lowest BCUT2D eigenvalue weighted by molar-refractivity contribution is 0.0690. The molecule has 0 atom stereocenters. The molecule has 7 heteroatoms. The highest BCUT2D eigenvalue weighted by molar-refractivity contribution is 6.33. The second-order valence-corrected chi connectivity index (χ2v) is 8.48. The zero-order valence-electron chi connectivity index (χ0n) is 16.4. The van der Waals surface area contributed by atoms with Crippen molar-refractivity contribution in [1.29, 1.82) is 0 Å². The van der Waals surface area contributed by atoms with Crippen LogP contribution in [0.15, 0.2) is 54.6 Å². The maximum absolute atomic E-state index is 11.5. The summed E-state index contributed by atoms with van der Waals surface area (Å²) in [4.78, 5) is 15.8. The molecule has 2 aromatic carbocycles. The maximum atomic E-state index is 11.5. The Hall–Kier alpha value is -2.53. The number of hydrogen-bond acceptors (Lipinski definition) is 3. The second kappa shape index (κ2) is 9.31. The summed E-state index contributed by atoms with van der Waals surface area (Å²) < 4.78 is 6.12. The van der Waals surface area contributed by atoms with Crippen molar-refractivity contribution in [1.82, 2.24) is 4.98 Å². The van der Waals surface area contributed by atoms with Crippen LogP contribution < -0.4 is 4.74 Å². The lowest BCUT2D eigenvalue weighted by Gasteiger charge is -2.15. The standard InChI is InChI=1S/C24H18Cl3NO3/c25-15-6-4-14(5-7-15)13-31-22-11-8-16(26)12-19(22)17-2-1-3-18(17)21-10-9-20(27)23(28-21)24(29)30/h4-12H,1-3,13H2,(H,29,30). The lowest BCUT2D eigenvalue weighted by atomic mass is 9.98. The van der Waals surface area contributed by atoms with Crippen molar-refractivity contribution in [3.63, 3.8) is 0 Å². The fourth-order valence-corrected chi connectivity index (χ4v) is 4.17. The number of benzene rings is 2. The first-order valence-corrected chi connectivity index (χ1v) is 10.8. The molecule has 3 aromatic rings. The van der Waals surface area contributed by atoms with Crippen molar-refractivity contribution in [2.45, 2.75) is 25.9 Å². The Morgan fingerprint density at radius 3 is 2.39 bits per heavy atom. The number of carboxylic acid groups (broad SMARTS) is 1. The van der Waals surface area contributed by atoms with Crippen molar-refractivity contribution in [2.75, 3.05) is 0 Å². The number of carbonyl (C=O) groups is 1. The van der Waals surface area contributed by atoms with Crippen LogP contribution in [0.4, 0.5) is 0 Å². The topological polar surface area (TPSA) is 59.4 Å². The predicted molar refractivity (Wildman–Crippen MR) is 124 cm³/mol. The first-order valence-electron chi connectivity index (χ1n) is 9.72. The second-order valence-electron chi connectivity index (χ2n) is 7.20. The molecule has 1 N–H and O–H groups in total. The molecule has 0 bridgehead atoms. The Kier molecular flexibility index (Phi) is 6.51. The van der Waals surface area contributed by atoms with Crippen LogP contribution in [0.5, 0.6) is 5.75 Å². The molecule has 31 heavy (non-hydrogen) atoms. The van der Waals surface area contributed by atoms with Crippen LogP contribution in [-0.2, 0) is 6.61 Å². The number of rotatable bonds is 6. The number of ether oxygens (including phenoxy) is 1. The summed E-state index contributed by atoms with van der Waals surface area (Å²) in [5, 5.41) is 10.8. The van der Waals surface area contributed by atoms with Gasteiger partial charge in [-0.15, -0.1) is 0 Å². The SMILES string of the molecule is O=C(O)c1nc(C2=C(c3cc(Cl)ccc3OCc3ccc(Cl)cc3)CCC2)ccc1Cl. The Morgan fingerprint density at radius 2 is 1.65 bits per heavy atom. The summed E-state index contributed by atoms with van der Waals surface area (Å²) in [7, 11) is 0. The van der Waals surface area contributed by atoms with Gasteiger partial charge in [0.05, 0.1) is 10.7 Å². The smallest absolute Gasteiger partial charge is 0.356 e. The highest BCUT2D eigenvalue weighted by Gasteiger charge is 2.23. The molecule has 0 saturated carbocycles. The van der Waals surface area contributed by atoms with E-state index in [1.165, 1.54) is 0 Å². The van der Waals surface area contributed by atoms with Crippen LogP contribution in [0, 0.1) is 0 Å². The summed E-state index contributed by atoms with van der Waals surface area (Å²) in [6, 6.07) is 16.4. The van der Waals surface area contributed by atoms with E-state index in [9.17, 15) is 9.90 Å². The number of nitrogens with zero attached hydrogens (tertiary/aromatic N) is 1. The van der Waals surface area contributed by atoms with Crippen LogP contribution in [0.2, 0.25) is 15.1 Å². The van der Waals surface area contributed by atoms with Crippen molar-refractivity contribution in [3.05, 3.63) is 92.2 Å². The van der Waals surface area contributed by atoms with Crippen molar-refractivity contribution in [2.24, 2.45) is 0 Å². The molecule has 1 aromatic heterocycles. The van der Waals surface area contributed by atoms with Gasteiger partial charge in [-0.25, -0.2) is 9.78 Å². The van der Waals surface area contributed by atoms with E-state index in [0.717, 1.165) is 41.5 Å². The molecule has 0 saturated heterocycles. The molecular weight excluding hydrogens is 457 g/mol. The summed E-state index contributed by atoms with van der Waals surface area (Å²) >= 11 is 18.3. The van der Waals surface area contributed by atoms with Gasteiger partial charge < -0.3 is 9.84 Å². The quantitative estimate of drug-likeness (QED) is 0.404. The fourth-order valence-electron chi connectivity index (χ4n) is 3.69. The maximum Gasteiger partial charge on any atom is 0.356 e. The number of aromatic nitrogens is 1. The molecule has 4 rings (SSSR count). The number of hydrogen-bond donors (Lipinski definition) is 1. The summed E-state index contributed by atoms with van der Waals surface area (Å²) in [5.41, 5.74) is 4.39. The molecular formula is C24H18Cl3NO3. The molecule has 1 aliphatic carbocycles. The Morgan fingerprint density at radius 1 is 0.935 bits per heavy atom. The molecule has 158 valence electrons. The zero-order chi connectivity index (χ0) is 22.0. The molecule has 1 aliphatic rings. The van der Waals surface area contributed by atoms with E-state index in [4.69, 9.17) is 39.5 Å². The van der Waals surface area contributed by atoms with Gasteiger partial charge >= 0.3 is 5.97 Å². The Labute approximate surface area is 195 Å². The van der Waals surface area contributed by atoms with E-state index in [1.807, 2.05) is 36.4 Å². The minimum absolute atomic E-state index is 0.117.